The Morgan fingerprint density at radius 2 is 1.24 bits per heavy atom. The smallest absolute Gasteiger partial charge is 0.462 e. The van der Waals surface area contributed by atoms with Crippen LogP contribution in [0.1, 0.15) is 156 Å². The highest BCUT2D eigenvalue weighted by Gasteiger charge is 2.27. The molecule has 0 radical (unpaired) electrons. The van der Waals surface area contributed by atoms with Gasteiger partial charge in [-0.05, 0) is 50.5 Å². The van der Waals surface area contributed by atoms with E-state index < -0.39 is 51.8 Å². The highest BCUT2D eigenvalue weighted by molar-refractivity contribution is 7.47. The van der Waals surface area contributed by atoms with Crippen molar-refractivity contribution >= 4 is 25.5 Å². The van der Waals surface area contributed by atoms with Crippen molar-refractivity contribution in [1.82, 2.24) is 0 Å². The molecule has 12 heteroatoms. The van der Waals surface area contributed by atoms with E-state index in [1.54, 1.807) is 12.2 Å². The molecular weight excluding hydrogens is 711 g/mol. The molecule has 0 saturated heterocycles. The third-order valence-corrected chi connectivity index (χ3v) is 9.34. The summed E-state index contributed by atoms with van der Waals surface area (Å²) in [5.41, 5.74) is 0. The number of aliphatic hydroxyl groups is 2. The SMILES string of the molecule is CCCCCC(=O)/C=C/C=C\C/C=C\C/C=C\CCCC(=O)O[C@H](COC(=O)CCCCCCCCCCCCC(C)C)COP(=O)(O)OC[C@@H](O)CO. The Morgan fingerprint density at radius 3 is 1.89 bits per heavy atom. The Balaban J connectivity index is 4.49. The van der Waals surface area contributed by atoms with Crippen LogP contribution in [0, 0.1) is 5.92 Å². The van der Waals surface area contributed by atoms with Crippen LogP contribution in [0.3, 0.4) is 0 Å². The highest BCUT2D eigenvalue weighted by Crippen LogP contribution is 2.43. The molecule has 3 atom stereocenters. The van der Waals surface area contributed by atoms with Gasteiger partial charge in [0.15, 0.2) is 11.9 Å². The fraction of sp³-hybridized carbons (Fsp3) is 0.738. The number of esters is 2. The number of aliphatic hydroxyl groups excluding tert-OH is 2. The molecule has 0 spiro atoms. The fourth-order valence-electron chi connectivity index (χ4n) is 5.18. The summed E-state index contributed by atoms with van der Waals surface area (Å²) in [6.45, 7) is 4.42. The lowest BCUT2D eigenvalue weighted by molar-refractivity contribution is -0.161. The van der Waals surface area contributed by atoms with Gasteiger partial charge in [-0.2, -0.15) is 0 Å². The summed E-state index contributed by atoms with van der Waals surface area (Å²) in [4.78, 5) is 46.6. The number of allylic oxidation sites excluding steroid dienone is 8. The summed E-state index contributed by atoms with van der Waals surface area (Å²) < 4.78 is 32.5. The first kappa shape index (κ1) is 51.6. The van der Waals surface area contributed by atoms with Crippen LogP contribution < -0.4 is 0 Å². The predicted octanol–water partition coefficient (Wildman–Crippen LogP) is 9.59. The molecule has 0 heterocycles. The van der Waals surface area contributed by atoms with Crippen LogP contribution in [0.15, 0.2) is 48.6 Å². The minimum atomic E-state index is -4.64. The second-order valence-corrected chi connectivity index (χ2v) is 15.6. The first-order valence-corrected chi connectivity index (χ1v) is 21.9. The van der Waals surface area contributed by atoms with Crippen LogP contribution in [-0.2, 0) is 37.5 Å². The zero-order valence-corrected chi connectivity index (χ0v) is 34.5. The average Bonchev–Trinajstić information content (AvgIpc) is 3.14. The summed E-state index contributed by atoms with van der Waals surface area (Å²) in [7, 11) is -4.64. The summed E-state index contributed by atoms with van der Waals surface area (Å²) in [6.07, 6.45) is 32.2. The largest absolute Gasteiger partial charge is 0.472 e. The van der Waals surface area contributed by atoms with E-state index in [4.69, 9.17) is 19.1 Å². The van der Waals surface area contributed by atoms with E-state index in [0.29, 0.717) is 25.7 Å². The van der Waals surface area contributed by atoms with Crippen LogP contribution in [-0.4, -0.2) is 71.5 Å². The van der Waals surface area contributed by atoms with Crippen molar-refractivity contribution < 1.29 is 52.6 Å². The number of rotatable bonds is 37. The summed E-state index contributed by atoms with van der Waals surface area (Å²) in [6, 6.07) is 0. The Labute approximate surface area is 326 Å². The van der Waals surface area contributed by atoms with E-state index in [9.17, 15) is 28.9 Å². The standard InChI is InChI=1S/C42H73O11P/c1-4-5-23-29-38(44)30-25-20-16-12-7-6-8-14-18-22-27-32-42(47)53-40(36-52-54(48,49)51-34-39(45)33-43)35-50-41(46)31-26-21-17-13-10-9-11-15-19-24-28-37(2)3/h6-7,14,16,18,20,25,30,37,39-40,43,45H,4-5,8-13,15,17,19,21-24,26-29,31-36H2,1-3H3,(H,48,49)/b7-6-,18-14-,20-16-,30-25+/t39-,40+/m0/s1. The van der Waals surface area contributed by atoms with Gasteiger partial charge in [0.25, 0.3) is 0 Å². The van der Waals surface area contributed by atoms with Gasteiger partial charge in [-0.1, -0.05) is 140 Å². The van der Waals surface area contributed by atoms with Crippen molar-refractivity contribution in [3.8, 4) is 0 Å². The second-order valence-electron chi connectivity index (χ2n) is 14.2. The summed E-state index contributed by atoms with van der Waals surface area (Å²) in [5, 5.41) is 18.3. The molecule has 0 aromatic carbocycles. The van der Waals surface area contributed by atoms with Crippen molar-refractivity contribution in [2.24, 2.45) is 5.92 Å². The second kappa shape index (κ2) is 36.3. The number of phosphoric acid groups is 1. The van der Waals surface area contributed by atoms with E-state index >= 15 is 0 Å². The van der Waals surface area contributed by atoms with E-state index in [-0.39, 0.29) is 25.2 Å². The molecule has 0 aliphatic rings. The topological polar surface area (TPSA) is 166 Å². The molecule has 0 rings (SSSR count). The third-order valence-electron chi connectivity index (χ3n) is 8.39. The summed E-state index contributed by atoms with van der Waals surface area (Å²) in [5.74, 6) is -0.0907. The number of hydrogen-bond acceptors (Lipinski definition) is 10. The van der Waals surface area contributed by atoms with Crippen LogP contribution >= 0.6 is 7.82 Å². The van der Waals surface area contributed by atoms with E-state index in [2.05, 4.69) is 25.3 Å². The zero-order valence-electron chi connectivity index (χ0n) is 33.6. The number of ketones is 1. The minimum Gasteiger partial charge on any atom is -0.462 e. The average molecular weight is 785 g/mol. The lowest BCUT2D eigenvalue weighted by Crippen LogP contribution is -2.29. The monoisotopic (exact) mass is 784 g/mol. The third kappa shape index (κ3) is 36.6. The maximum atomic E-state index is 12.6. The van der Waals surface area contributed by atoms with Gasteiger partial charge in [0.1, 0.15) is 12.7 Å². The zero-order chi connectivity index (χ0) is 40.1. The van der Waals surface area contributed by atoms with Crippen LogP contribution in [0.25, 0.3) is 0 Å². The predicted molar refractivity (Wildman–Crippen MR) is 215 cm³/mol. The van der Waals surface area contributed by atoms with Crippen molar-refractivity contribution in [3.05, 3.63) is 48.6 Å². The Kier molecular flexibility index (Phi) is 34.6. The number of hydrogen-bond donors (Lipinski definition) is 3. The Morgan fingerprint density at radius 1 is 0.667 bits per heavy atom. The Bertz CT molecular complexity index is 1120. The number of carbonyl (C=O) groups is 3. The van der Waals surface area contributed by atoms with Crippen LogP contribution in [0.4, 0.5) is 0 Å². The molecule has 54 heavy (non-hydrogen) atoms. The van der Waals surface area contributed by atoms with Crippen molar-refractivity contribution in [2.75, 3.05) is 26.4 Å². The minimum absolute atomic E-state index is 0.0815. The molecule has 0 aromatic rings. The van der Waals surface area contributed by atoms with Crippen molar-refractivity contribution in [2.45, 2.75) is 168 Å². The first-order valence-electron chi connectivity index (χ1n) is 20.4. The van der Waals surface area contributed by atoms with Gasteiger partial charge in [-0.15, -0.1) is 0 Å². The maximum Gasteiger partial charge on any atom is 0.472 e. The van der Waals surface area contributed by atoms with Gasteiger partial charge in [0.05, 0.1) is 19.8 Å². The Hall–Kier alpha value is -2.40. The number of phosphoric ester groups is 1. The maximum absolute atomic E-state index is 12.6. The molecule has 312 valence electrons. The molecule has 1 unspecified atom stereocenters. The summed E-state index contributed by atoms with van der Waals surface area (Å²) >= 11 is 0. The van der Waals surface area contributed by atoms with Gasteiger partial charge < -0.3 is 24.6 Å². The molecule has 3 N–H and O–H groups in total. The quantitative estimate of drug-likeness (QED) is 0.0137. The number of ether oxygens (including phenoxy) is 2. The lowest BCUT2D eigenvalue weighted by Gasteiger charge is -2.20. The lowest BCUT2D eigenvalue weighted by atomic mass is 10.0. The molecule has 0 bridgehead atoms. The number of unbranched alkanes of at least 4 members (excludes halogenated alkanes) is 12. The van der Waals surface area contributed by atoms with Gasteiger partial charge in [0, 0.05) is 19.3 Å². The van der Waals surface area contributed by atoms with E-state index in [0.717, 1.165) is 57.3 Å². The molecule has 0 fully saturated rings. The normalized spacial score (nSPS) is 14.4. The van der Waals surface area contributed by atoms with Crippen LogP contribution in [0.5, 0.6) is 0 Å². The molecule has 0 saturated carbocycles. The van der Waals surface area contributed by atoms with Crippen molar-refractivity contribution in [3.63, 3.8) is 0 Å². The fourth-order valence-corrected chi connectivity index (χ4v) is 5.97. The van der Waals surface area contributed by atoms with Gasteiger partial charge >= 0.3 is 19.8 Å². The van der Waals surface area contributed by atoms with Gasteiger partial charge in [0.2, 0.25) is 0 Å². The highest BCUT2D eigenvalue weighted by atomic mass is 31.2. The molecule has 0 aliphatic heterocycles. The molecule has 0 aliphatic carbocycles. The van der Waals surface area contributed by atoms with E-state index in [1.807, 2.05) is 36.5 Å². The first-order chi connectivity index (χ1) is 26.0. The molecule has 0 amide bonds. The molecule has 0 aromatic heterocycles. The molecular formula is C42H73O11P. The van der Waals surface area contributed by atoms with Crippen molar-refractivity contribution in [1.29, 1.82) is 0 Å². The van der Waals surface area contributed by atoms with Gasteiger partial charge in [-0.3, -0.25) is 23.4 Å². The molecule has 11 nitrogen and oxygen atoms in total. The van der Waals surface area contributed by atoms with Crippen LogP contribution in [0.2, 0.25) is 0 Å². The number of carbonyl (C=O) groups excluding carboxylic acids is 3. The van der Waals surface area contributed by atoms with Gasteiger partial charge in [-0.25, -0.2) is 4.57 Å². The van der Waals surface area contributed by atoms with E-state index in [1.165, 1.54) is 44.9 Å².